The van der Waals surface area contributed by atoms with Crippen molar-refractivity contribution in [2.75, 3.05) is 26.8 Å². The van der Waals surface area contributed by atoms with Crippen LogP contribution in [0.15, 0.2) is 23.2 Å². The third kappa shape index (κ3) is 10.7. The van der Waals surface area contributed by atoms with Crippen LogP contribution in [-0.4, -0.2) is 39.4 Å². The van der Waals surface area contributed by atoms with Crippen molar-refractivity contribution in [2.45, 2.75) is 32.9 Å². The summed E-state index contributed by atoms with van der Waals surface area (Å²) in [7, 11) is 1.64. The Morgan fingerprint density at radius 3 is 2.68 bits per heavy atom. The highest BCUT2D eigenvalue weighted by atomic mass is 127. The van der Waals surface area contributed by atoms with E-state index in [0.29, 0.717) is 16.5 Å². The van der Waals surface area contributed by atoms with E-state index in [1.54, 1.807) is 13.1 Å². The molecule has 0 fully saturated rings. The Morgan fingerprint density at radius 1 is 1.28 bits per heavy atom. The fraction of sp³-hybridized carbons (Fsp3) is 0.562. The van der Waals surface area contributed by atoms with Gasteiger partial charge in [0.1, 0.15) is 5.75 Å². The van der Waals surface area contributed by atoms with Gasteiger partial charge in [0, 0.05) is 43.9 Å². The number of nitrogens with one attached hydrogen (secondary N) is 2. The van der Waals surface area contributed by atoms with Crippen molar-refractivity contribution in [2.24, 2.45) is 4.99 Å². The fourth-order valence-electron chi connectivity index (χ4n) is 1.98. The zero-order chi connectivity index (χ0) is 17.8. The predicted octanol–water partition coefficient (Wildman–Crippen LogP) is 4.04. The molecule has 2 N–H and O–H groups in total. The molecular weight excluding hydrogens is 467 g/mol. The predicted molar refractivity (Wildman–Crippen MR) is 107 cm³/mol. The Balaban J connectivity index is 0.00000576. The fourth-order valence-corrected chi connectivity index (χ4v) is 2.17. The van der Waals surface area contributed by atoms with Crippen molar-refractivity contribution >= 4 is 41.5 Å². The zero-order valence-corrected chi connectivity index (χ0v) is 17.4. The highest BCUT2D eigenvalue weighted by molar-refractivity contribution is 14.0. The molecular formula is C16H25ClF2IN3O2. The molecule has 0 radical (unpaired) electrons. The van der Waals surface area contributed by atoms with E-state index in [1.807, 2.05) is 6.92 Å². The maximum Gasteiger partial charge on any atom is 0.387 e. The first kappa shape index (κ1) is 24.1. The second-order valence-electron chi connectivity index (χ2n) is 4.89. The third-order valence-electron chi connectivity index (χ3n) is 3.12. The van der Waals surface area contributed by atoms with Gasteiger partial charge in [0.15, 0.2) is 5.96 Å². The summed E-state index contributed by atoms with van der Waals surface area (Å²) >= 11 is 5.92. The molecule has 5 nitrogen and oxygen atoms in total. The molecule has 0 unspecified atom stereocenters. The smallest absolute Gasteiger partial charge is 0.387 e. The van der Waals surface area contributed by atoms with Gasteiger partial charge < -0.3 is 20.1 Å². The average Bonchev–Trinajstić information content (AvgIpc) is 2.55. The van der Waals surface area contributed by atoms with Gasteiger partial charge in [-0.05, 0) is 38.0 Å². The molecule has 0 amide bonds. The molecule has 9 heteroatoms. The lowest BCUT2D eigenvalue weighted by atomic mass is 10.2. The molecule has 0 aromatic heterocycles. The van der Waals surface area contributed by atoms with Gasteiger partial charge in [-0.15, -0.1) is 24.0 Å². The number of benzene rings is 1. The normalized spacial score (nSPS) is 11.2. The van der Waals surface area contributed by atoms with Crippen molar-refractivity contribution in [1.29, 1.82) is 0 Å². The topological polar surface area (TPSA) is 54.9 Å². The van der Waals surface area contributed by atoms with Gasteiger partial charge in [-0.25, -0.2) is 0 Å². The number of ether oxygens (including phenoxy) is 2. The second-order valence-corrected chi connectivity index (χ2v) is 5.32. The number of hydrogen-bond donors (Lipinski definition) is 2. The van der Waals surface area contributed by atoms with Crippen LogP contribution < -0.4 is 15.4 Å². The molecule has 0 heterocycles. The summed E-state index contributed by atoms with van der Waals surface area (Å²) in [6, 6.07) is 4.52. The number of aliphatic imine (C=N–C) groups is 1. The number of hydrogen-bond acceptors (Lipinski definition) is 3. The third-order valence-corrected chi connectivity index (χ3v) is 3.36. The van der Waals surface area contributed by atoms with Crippen molar-refractivity contribution in [1.82, 2.24) is 10.6 Å². The van der Waals surface area contributed by atoms with Crippen LogP contribution in [0.1, 0.15) is 25.3 Å². The first-order valence-corrected chi connectivity index (χ1v) is 8.20. The molecule has 0 aliphatic heterocycles. The summed E-state index contributed by atoms with van der Waals surface area (Å²) in [6.45, 7) is 1.54. The molecule has 0 aliphatic rings. The average molecular weight is 492 g/mol. The largest absolute Gasteiger partial charge is 0.434 e. The first-order valence-electron chi connectivity index (χ1n) is 7.82. The molecule has 0 atom stereocenters. The molecule has 1 aromatic carbocycles. The number of rotatable bonds is 10. The van der Waals surface area contributed by atoms with Crippen LogP contribution in [0.4, 0.5) is 8.78 Å². The Hall–Kier alpha value is -0.870. The molecule has 1 aromatic rings. The Bertz CT molecular complexity index is 522. The molecule has 0 bridgehead atoms. The number of unbranched alkanes of at least 4 members (excludes halogenated alkanes) is 1. The van der Waals surface area contributed by atoms with Gasteiger partial charge in [-0.3, -0.25) is 4.99 Å². The van der Waals surface area contributed by atoms with Gasteiger partial charge in [0.2, 0.25) is 0 Å². The van der Waals surface area contributed by atoms with Gasteiger partial charge >= 0.3 is 6.61 Å². The minimum Gasteiger partial charge on any atom is -0.434 e. The van der Waals surface area contributed by atoms with E-state index in [2.05, 4.69) is 20.4 Å². The molecule has 0 saturated carbocycles. The highest BCUT2D eigenvalue weighted by Gasteiger charge is 2.10. The van der Waals surface area contributed by atoms with Crippen LogP contribution in [0.2, 0.25) is 5.02 Å². The lowest BCUT2D eigenvalue weighted by Crippen LogP contribution is -2.37. The Labute approximate surface area is 169 Å². The Kier molecular flexibility index (Phi) is 13.8. The van der Waals surface area contributed by atoms with Crippen LogP contribution >= 0.6 is 35.6 Å². The number of nitrogens with zero attached hydrogens (tertiary/aromatic N) is 1. The van der Waals surface area contributed by atoms with E-state index in [-0.39, 0.29) is 36.3 Å². The van der Waals surface area contributed by atoms with E-state index in [4.69, 9.17) is 16.3 Å². The molecule has 144 valence electrons. The van der Waals surface area contributed by atoms with E-state index in [9.17, 15) is 8.78 Å². The van der Waals surface area contributed by atoms with Crippen LogP contribution in [0.25, 0.3) is 0 Å². The summed E-state index contributed by atoms with van der Waals surface area (Å²) < 4.78 is 34.6. The summed E-state index contributed by atoms with van der Waals surface area (Å²) in [4.78, 5) is 4.09. The van der Waals surface area contributed by atoms with Crippen molar-refractivity contribution < 1.29 is 18.3 Å². The van der Waals surface area contributed by atoms with E-state index >= 15 is 0 Å². The summed E-state index contributed by atoms with van der Waals surface area (Å²) in [6.07, 6.45) is 1.90. The maximum atomic E-state index is 12.4. The molecule has 25 heavy (non-hydrogen) atoms. The lowest BCUT2D eigenvalue weighted by molar-refractivity contribution is -0.0504. The quantitative estimate of drug-likeness (QED) is 0.224. The van der Waals surface area contributed by atoms with E-state index in [0.717, 1.165) is 32.6 Å². The van der Waals surface area contributed by atoms with E-state index in [1.165, 1.54) is 12.1 Å². The minimum absolute atomic E-state index is 0. The Morgan fingerprint density at radius 2 is 2.04 bits per heavy atom. The van der Waals surface area contributed by atoms with Gasteiger partial charge in [0.25, 0.3) is 0 Å². The number of halogens is 4. The molecule has 0 spiro atoms. The van der Waals surface area contributed by atoms with Crippen LogP contribution in [0.3, 0.4) is 0 Å². The van der Waals surface area contributed by atoms with Gasteiger partial charge in [-0.2, -0.15) is 8.78 Å². The monoisotopic (exact) mass is 491 g/mol. The van der Waals surface area contributed by atoms with Gasteiger partial charge in [-0.1, -0.05) is 11.6 Å². The van der Waals surface area contributed by atoms with Crippen molar-refractivity contribution in [3.63, 3.8) is 0 Å². The lowest BCUT2D eigenvalue weighted by Gasteiger charge is -2.15. The summed E-state index contributed by atoms with van der Waals surface area (Å²) in [5, 5.41) is 6.66. The van der Waals surface area contributed by atoms with Crippen LogP contribution in [-0.2, 0) is 11.3 Å². The standard InChI is InChI=1S/C16H24ClF2N3O2.HI/c1-3-23-9-5-4-8-21-16(20-2)22-11-12-10-13(17)6-7-14(12)24-15(18)19;/h6-7,10,15H,3-5,8-9,11H2,1-2H3,(H2,20,21,22);1H. The minimum atomic E-state index is -2.88. The van der Waals surface area contributed by atoms with Gasteiger partial charge in [0.05, 0.1) is 0 Å². The van der Waals surface area contributed by atoms with Crippen LogP contribution in [0, 0.1) is 0 Å². The molecule has 0 aliphatic carbocycles. The SMILES string of the molecule is CCOCCCCNC(=NC)NCc1cc(Cl)ccc1OC(F)F.I. The molecule has 0 saturated heterocycles. The summed E-state index contributed by atoms with van der Waals surface area (Å²) in [5.74, 6) is 0.670. The highest BCUT2D eigenvalue weighted by Crippen LogP contribution is 2.24. The molecule has 1 rings (SSSR count). The zero-order valence-electron chi connectivity index (χ0n) is 14.4. The van der Waals surface area contributed by atoms with Crippen LogP contribution in [0.5, 0.6) is 5.75 Å². The van der Waals surface area contributed by atoms with Crippen molar-refractivity contribution in [3.8, 4) is 5.75 Å². The number of alkyl halides is 2. The summed E-state index contributed by atoms with van der Waals surface area (Å²) in [5.41, 5.74) is 0.530. The second kappa shape index (κ2) is 14.3. The van der Waals surface area contributed by atoms with E-state index < -0.39 is 6.61 Å². The van der Waals surface area contributed by atoms with Crippen molar-refractivity contribution in [3.05, 3.63) is 28.8 Å². The number of guanidine groups is 1. The maximum absolute atomic E-state index is 12.4. The first-order chi connectivity index (χ1) is 11.6.